The molecule has 0 aliphatic rings. The van der Waals surface area contributed by atoms with Gasteiger partial charge in [0.1, 0.15) is 5.82 Å². The van der Waals surface area contributed by atoms with Crippen molar-refractivity contribution in [1.29, 1.82) is 0 Å². The number of hydrogen-bond donors (Lipinski definition) is 1. The smallest absolute Gasteiger partial charge is 0.307 e. The molecule has 0 bridgehead atoms. The van der Waals surface area contributed by atoms with Crippen molar-refractivity contribution in [3.05, 3.63) is 35.1 Å². The van der Waals surface area contributed by atoms with Crippen LogP contribution in [0.1, 0.15) is 23.6 Å². The second-order valence-corrected chi connectivity index (χ2v) is 3.62. The molecule has 0 amide bonds. The van der Waals surface area contributed by atoms with E-state index >= 15 is 0 Å². The first-order chi connectivity index (χ1) is 7.58. The summed E-state index contributed by atoms with van der Waals surface area (Å²) in [6.45, 7) is 1.82. The van der Waals surface area contributed by atoms with E-state index in [2.05, 4.69) is 10.1 Å². The van der Waals surface area contributed by atoms with E-state index in [-0.39, 0.29) is 24.2 Å². The maximum absolute atomic E-state index is 12.9. The number of aryl methyl sites for hydroxylation is 1. The third-order valence-corrected chi connectivity index (χ3v) is 2.55. The van der Waals surface area contributed by atoms with Gasteiger partial charge in [0, 0.05) is 6.04 Å². The van der Waals surface area contributed by atoms with Gasteiger partial charge >= 0.3 is 5.97 Å². The third kappa shape index (κ3) is 3.03. The number of hydrogen-bond acceptors (Lipinski definition) is 3. The summed E-state index contributed by atoms with van der Waals surface area (Å²) < 4.78 is 17.5. The van der Waals surface area contributed by atoms with Crippen molar-refractivity contribution in [3.8, 4) is 0 Å². The zero-order valence-corrected chi connectivity index (χ0v) is 9.71. The molecule has 0 aliphatic heterocycles. The van der Waals surface area contributed by atoms with Crippen LogP contribution < -0.4 is 5.32 Å². The fourth-order valence-corrected chi connectivity index (χ4v) is 1.65. The van der Waals surface area contributed by atoms with Gasteiger partial charge in [-0.3, -0.25) is 4.79 Å². The molecule has 1 unspecified atom stereocenters. The molecule has 1 rings (SSSR count). The predicted octanol–water partition coefficient (Wildman–Crippen LogP) is 1.96. The average molecular weight is 225 g/mol. The second kappa shape index (κ2) is 5.61. The molecule has 0 saturated carbocycles. The van der Waals surface area contributed by atoms with Crippen LogP contribution in [0.4, 0.5) is 4.39 Å². The Hall–Kier alpha value is -1.42. The Balaban J connectivity index is 2.90. The first-order valence-electron chi connectivity index (χ1n) is 5.08. The molecule has 0 aromatic heterocycles. The molecule has 1 N–H and O–H groups in total. The van der Waals surface area contributed by atoms with Gasteiger partial charge in [-0.1, -0.05) is 6.07 Å². The van der Waals surface area contributed by atoms with E-state index in [1.807, 2.05) is 6.92 Å². The van der Waals surface area contributed by atoms with E-state index in [1.165, 1.54) is 19.2 Å². The summed E-state index contributed by atoms with van der Waals surface area (Å²) in [5.74, 6) is -0.558. The van der Waals surface area contributed by atoms with Crippen molar-refractivity contribution in [3.63, 3.8) is 0 Å². The lowest BCUT2D eigenvalue weighted by Crippen LogP contribution is -2.21. The fourth-order valence-electron chi connectivity index (χ4n) is 1.65. The average Bonchev–Trinajstić information content (AvgIpc) is 2.26. The molecule has 0 radical (unpaired) electrons. The zero-order chi connectivity index (χ0) is 12.1. The standard InChI is InChI=1S/C12H16FNO2/c1-8-6-9(13)4-5-10(8)11(14-2)7-12(15)16-3/h4-6,11,14H,7H2,1-3H3. The van der Waals surface area contributed by atoms with Crippen LogP contribution in [0.15, 0.2) is 18.2 Å². The predicted molar refractivity (Wildman–Crippen MR) is 59.6 cm³/mol. The summed E-state index contributed by atoms with van der Waals surface area (Å²) in [5.41, 5.74) is 1.73. The van der Waals surface area contributed by atoms with Crippen LogP contribution in [-0.2, 0) is 9.53 Å². The zero-order valence-electron chi connectivity index (χ0n) is 9.71. The Morgan fingerprint density at radius 3 is 2.75 bits per heavy atom. The molecular weight excluding hydrogens is 209 g/mol. The molecule has 3 nitrogen and oxygen atoms in total. The summed E-state index contributed by atoms with van der Waals surface area (Å²) in [6.07, 6.45) is 0.236. The maximum Gasteiger partial charge on any atom is 0.307 e. The first kappa shape index (κ1) is 12.6. The van der Waals surface area contributed by atoms with Gasteiger partial charge in [0.2, 0.25) is 0 Å². The molecule has 88 valence electrons. The quantitative estimate of drug-likeness (QED) is 0.796. The van der Waals surface area contributed by atoms with Crippen molar-refractivity contribution in [2.45, 2.75) is 19.4 Å². The second-order valence-electron chi connectivity index (χ2n) is 3.62. The highest BCUT2D eigenvalue weighted by atomic mass is 19.1. The molecule has 1 atom stereocenters. The van der Waals surface area contributed by atoms with E-state index in [9.17, 15) is 9.18 Å². The fraction of sp³-hybridized carbons (Fsp3) is 0.417. The van der Waals surface area contributed by atoms with Gasteiger partial charge in [0.15, 0.2) is 0 Å². The minimum Gasteiger partial charge on any atom is -0.469 e. The molecule has 1 aromatic rings. The summed E-state index contributed by atoms with van der Waals surface area (Å²) in [4.78, 5) is 11.2. The number of carbonyl (C=O) groups excluding carboxylic acids is 1. The molecule has 0 saturated heterocycles. The van der Waals surface area contributed by atoms with Crippen molar-refractivity contribution in [2.75, 3.05) is 14.2 Å². The van der Waals surface area contributed by atoms with E-state index in [0.29, 0.717) is 0 Å². The van der Waals surface area contributed by atoms with Gasteiger partial charge in [-0.05, 0) is 37.2 Å². The number of methoxy groups -OCH3 is 1. The van der Waals surface area contributed by atoms with Gasteiger partial charge in [-0.2, -0.15) is 0 Å². The molecule has 0 spiro atoms. The SMILES string of the molecule is CNC(CC(=O)OC)c1ccc(F)cc1C. The van der Waals surface area contributed by atoms with E-state index in [0.717, 1.165) is 11.1 Å². The highest BCUT2D eigenvalue weighted by Gasteiger charge is 2.16. The van der Waals surface area contributed by atoms with Gasteiger partial charge in [0.05, 0.1) is 13.5 Å². The van der Waals surface area contributed by atoms with Crippen molar-refractivity contribution >= 4 is 5.97 Å². The lowest BCUT2D eigenvalue weighted by Gasteiger charge is -2.17. The number of halogens is 1. The molecular formula is C12H16FNO2. The van der Waals surface area contributed by atoms with Crippen molar-refractivity contribution in [2.24, 2.45) is 0 Å². The maximum atomic E-state index is 12.9. The van der Waals surface area contributed by atoms with E-state index < -0.39 is 0 Å². The lowest BCUT2D eigenvalue weighted by atomic mass is 9.99. The Kier molecular flexibility index (Phi) is 4.43. The number of benzene rings is 1. The molecule has 0 aliphatic carbocycles. The van der Waals surface area contributed by atoms with Crippen LogP contribution in [0, 0.1) is 12.7 Å². The van der Waals surface area contributed by atoms with Crippen LogP contribution >= 0.6 is 0 Å². The Bertz CT molecular complexity index is 379. The molecule has 0 fully saturated rings. The number of esters is 1. The number of ether oxygens (including phenoxy) is 1. The minimum atomic E-state index is -0.289. The summed E-state index contributed by atoms with van der Waals surface area (Å²) in [6, 6.07) is 4.39. The van der Waals surface area contributed by atoms with Crippen LogP contribution in [0.5, 0.6) is 0 Å². The molecule has 1 aromatic carbocycles. The first-order valence-corrected chi connectivity index (χ1v) is 5.08. The number of rotatable bonds is 4. The van der Waals surface area contributed by atoms with Crippen LogP contribution in [0.3, 0.4) is 0 Å². The minimum absolute atomic E-state index is 0.145. The normalized spacial score (nSPS) is 12.2. The summed E-state index contributed by atoms with van der Waals surface area (Å²) in [7, 11) is 3.11. The lowest BCUT2D eigenvalue weighted by molar-refractivity contribution is -0.141. The highest BCUT2D eigenvalue weighted by molar-refractivity contribution is 5.70. The Morgan fingerprint density at radius 2 is 2.25 bits per heavy atom. The molecule has 4 heteroatoms. The highest BCUT2D eigenvalue weighted by Crippen LogP contribution is 2.21. The summed E-state index contributed by atoms with van der Waals surface area (Å²) >= 11 is 0. The topological polar surface area (TPSA) is 38.3 Å². The third-order valence-electron chi connectivity index (χ3n) is 2.55. The van der Waals surface area contributed by atoms with Crippen LogP contribution in [-0.4, -0.2) is 20.1 Å². The van der Waals surface area contributed by atoms with Gasteiger partial charge in [-0.15, -0.1) is 0 Å². The van der Waals surface area contributed by atoms with E-state index in [1.54, 1.807) is 13.1 Å². The monoisotopic (exact) mass is 225 g/mol. The van der Waals surface area contributed by atoms with Crippen LogP contribution in [0.25, 0.3) is 0 Å². The molecule has 16 heavy (non-hydrogen) atoms. The van der Waals surface area contributed by atoms with Gasteiger partial charge in [-0.25, -0.2) is 4.39 Å². The number of nitrogens with one attached hydrogen (secondary N) is 1. The largest absolute Gasteiger partial charge is 0.469 e. The van der Waals surface area contributed by atoms with Crippen molar-refractivity contribution in [1.82, 2.24) is 5.32 Å². The Morgan fingerprint density at radius 1 is 1.56 bits per heavy atom. The Labute approximate surface area is 94.6 Å². The van der Waals surface area contributed by atoms with Crippen molar-refractivity contribution < 1.29 is 13.9 Å². The van der Waals surface area contributed by atoms with E-state index in [4.69, 9.17) is 0 Å². The molecule has 0 heterocycles. The number of carbonyl (C=O) groups is 1. The van der Waals surface area contributed by atoms with Gasteiger partial charge in [0.25, 0.3) is 0 Å². The van der Waals surface area contributed by atoms with Crippen LogP contribution in [0.2, 0.25) is 0 Å². The van der Waals surface area contributed by atoms with Gasteiger partial charge < -0.3 is 10.1 Å². The summed E-state index contributed by atoms with van der Waals surface area (Å²) in [5, 5.41) is 3.02.